The lowest BCUT2D eigenvalue weighted by Crippen LogP contribution is -2.39. The van der Waals surface area contributed by atoms with Crippen LogP contribution in [-0.2, 0) is 10.0 Å². The van der Waals surface area contributed by atoms with Gasteiger partial charge in [-0.05, 0) is 50.4 Å². The van der Waals surface area contributed by atoms with Crippen LogP contribution in [0.25, 0.3) is 0 Å². The predicted molar refractivity (Wildman–Crippen MR) is 81.1 cm³/mol. The molecular formula is C15H24N2O2S. The van der Waals surface area contributed by atoms with Gasteiger partial charge in [0.05, 0.1) is 4.90 Å². The van der Waals surface area contributed by atoms with Crippen LogP contribution in [0, 0.1) is 0 Å². The fourth-order valence-corrected chi connectivity index (χ4v) is 3.60. The maximum absolute atomic E-state index is 12.3. The molecule has 0 saturated heterocycles. The van der Waals surface area contributed by atoms with E-state index in [1.54, 1.807) is 12.1 Å². The van der Waals surface area contributed by atoms with Gasteiger partial charge in [-0.1, -0.05) is 25.5 Å². The van der Waals surface area contributed by atoms with Gasteiger partial charge in [0.1, 0.15) is 0 Å². The number of benzene rings is 1. The third-order valence-corrected chi connectivity index (χ3v) is 5.31. The number of sulfonamides is 1. The molecule has 5 heteroatoms. The standard InChI is InChI=1S/C15H24N2O2S/c1-3-10-16-12(2)13-6-4-9-15(11-13)20(18,19)17-14-7-5-8-14/h4,6,9,11-12,14,16-17H,3,5,7-8,10H2,1-2H3. The summed E-state index contributed by atoms with van der Waals surface area (Å²) < 4.78 is 27.4. The van der Waals surface area contributed by atoms with E-state index in [1.165, 1.54) is 0 Å². The molecule has 2 rings (SSSR count). The van der Waals surface area contributed by atoms with Crippen LogP contribution in [0.4, 0.5) is 0 Å². The van der Waals surface area contributed by atoms with E-state index in [1.807, 2.05) is 12.1 Å². The maximum atomic E-state index is 12.3. The molecular weight excluding hydrogens is 272 g/mol. The summed E-state index contributed by atoms with van der Waals surface area (Å²) in [5, 5.41) is 3.38. The van der Waals surface area contributed by atoms with Crippen molar-refractivity contribution in [1.29, 1.82) is 0 Å². The first-order valence-corrected chi connectivity index (χ1v) is 8.87. The Hall–Kier alpha value is -0.910. The molecule has 0 aliphatic heterocycles. The molecule has 1 saturated carbocycles. The fourth-order valence-electron chi connectivity index (χ4n) is 2.24. The summed E-state index contributed by atoms with van der Waals surface area (Å²) in [5.41, 5.74) is 1.01. The van der Waals surface area contributed by atoms with E-state index >= 15 is 0 Å². The highest BCUT2D eigenvalue weighted by molar-refractivity contribution is 7.89. The van der Waals surface area contributed by atoms with Gasteiger partial charge in [0.25, 0.3) is 0 Å². The second-order valence-electron chi connectivity index (χ2n) is 5.50. The van der Waals surface area contributed by atoms with Crippen molar-refractivity contribution in [2.45, 2.75) is 56.5 Å². The Kier molecular flexibility index (Phi) is 5.18. The van der Waals surface area contributed by atoms with Crippen molar-refractivity contribution in [3.63, 3.8) is 0 Å². The van der Waals surface area contributed by atoms with Gasteiger partial charge in [-0.3, -0.25) is 0 Å². The van der Waals surface area contributed by atoms with Gasteiger partial charge >= 0.3 is 0 Å². The van der Waals surface area contributed by atoms with E-state index in [0.717, 1.165) is 37.8 Å². The second-order valence-corrected chi connectivity index (χ2v) is 7.21. The highest BCUT2D eigenvalue weighted by atomic mass is 32.2. The zero-order chi connectivity index (χ0) is 14.6. The van der Waals surface area contributed by atoms with Gasteiger partial charge in [-0.25, -0.2) is 13.1 Å². The summed E-state index contributed by atoms with van der Waals surface area (Å²) in [5.74, 6) is 0. The molecule has 1 aliphatic rings. The molecule has 1 fully saturated rings. The monoisotopic (exact) mass is 296 g/mol. The molecule has 2 N–H and O–H groups in total. The summed E-state index contributed by atoms with van der Waals surface area (Å²) in [6.07, 6.45) is 4.08. The summed E-state index contributed by atoms with van der Waals surface area (Å²) >= 11 is 0. The van der Waals surface area contributed by atoms with E-state index < -0.39 is 10.0 Å². The van der Waals surface area contributed by atoms with E-state index in [9.17, 15) is 8.42 Å². The Morgan fingerprint density at radius 1 is 1.35 bits per heavy atom. The lowest BCUT2D eigenvalue weighted by Gasteiger charge is -2.26. The van der Waals surface area contributed by atoms with Crippen molar-refractivity contribution in [3.05, 3.63) is 29.8 Å². The number of nitrogens with one attached hydrogen (secondary N) is 2. The number of hydrogen-bond acceptors (Lipinski definition) is 3. The van der Waals surface area contributed by atoms with Crippen LogP contribution in [0.2, 0.25) is 0 Å². The molecule has 112 valence electrons. The number of rotatable bonds is 7. The molecule has 0 bridgehead atoms. The molecule has 0 aromatic heterocycles. The average molecular weight is 296 g/mol. The minimum absolute atomic E-state index is 0.124. The van der Waals surface area contributed by atoms with Gasteiger partial charge in [-0.15, -0.1) is 0 Å². The Morgan fingerprint density at radius 2 is 2.10 bits per heavy atom. The average Bonchev–Trinajstić information content (AvgIpc) is 2.40. The first kappa shape index (κ1) is 15.5. The van der Waals surface area contributed by atoms with E-state index in [-0.39, 0.29) is 12.1 Å². The minimum Gasteiger partial charge on any atom is -0.310 e. The third kappa shape index (κ3) is 3.81. The SMILES string of the molecule is CCCNC(C)c1cccc(S(=O)(=O)NC2CCC2)c1. The van der Waals surface area contributed by atoms with Crippen molar-refractivity contribution in [2.75, 3.05) is 6.54 Å². The maximum Gasteiger partial charge on any atom is 0.240 e. The molecule has 0 radical (unpaired) electrons. The zero-order valence-electron chi connectivity index (χ0n) is 12.2. The molecule has 20 heavy (non-hydrogen) atoms. The van der Waals surface area contributed by atoms with E-state index in [0.29, 0.717) is 4.90 Å². The third-order valence-electron chi connectivity index (χ3n) is 3.80. The van der Waals surface area contributed by atoms with Crippen molar-refractivity contribution in [2.24, 2.45) is 0 Å². The molecule has 1 aromatic carbocycles. The van der Waals surface area contributed by atoms with Gasteiger partial charge in [-0.2, -0.15) is 0 Å². The van der Waals surface area contributed by atoms with Crippen LogP contribution in [0.1, 0.15) is 51.1 Å². The second kappa shape index (κ2) is 6.70. The first-order valence-electron chi connectivity index (χ1n) is 7.38. The molecule has 0 amide bonds. The highest BCUT2D eigenvalue weighted by Gasteiger charge is 2.24. The van der Waals surface area contributed by atoms with Crippen molar-refractivity contribution in [3.8, 4) is 0 Å². The highest BCUT2D eigenvalue weighted by Crippen LogP contribution is 2.22. The summed E-state index contributed by atoms with van der Waals surface area (Å²) in [6.45, 7) is 5.10. The van der Waals surface area contributed by atoms with Gasteiger partial charge < -0.3 is 5.32 Å². The van der Waals surface area contributed by atoms with Crippen LogP contribution in [-0.4, -0.2) is 21.0 Å². The number of hydrogen-bond donors (Lipinski definition) is 2. The van der Waals surface area contributed by atoms with Crippen LogP contribution in [0.5, 0.6) is 0 Å². The van der Waals surface area contributed by atoms with Gasteiger partial charge in [0, 0.05) is 12.1 Å². The van der Waals surface area contributed by atoms with Gasteiger partial charge in [0.15, 0.2) is 0 Å². The minimum atomic E-state index is -3.37. The van der Waals surface area contributed by atoms with Crippen LogP contribution in [0.3, 0.4) is 0 Å². The lowest BCUT2D eigenvalue weighted by molar-refractivity contribution is 0.383. The quantitative estimate of drug-likeness (QED) is 0.813. The van der Waals surface area contributed by atoms with Crippen molar-refractivity contribution in [1.82, 2.24) is 10.0 Å². The Labute approximate surface area is 122 Å². The summed E-state index contributed by atoms with van der Waals surface area (Å²) in [6, 6.07) is 7.50. The smallest absolute Gasteiger partial charge is 0.240 e. The van der Waals surface area contributed by atoms with Gasteiger partial charge in [0.2, 0.25) is 10.0 Å². The summed E-state index contributed by atoms with van der Waals surface area (Å²) in [7, 11) is -3.37. The molecule has 0 heterocycles. The molecule has 1 atom stereocenters. The van der Waals surface area contributed by atoms with E-state index in [2.05, 4.69) is 23.9 Å². The van der Waals surface area contributed by atoms with Crippen LogP contribution >= 0.6 is 0 Å². The lowest BCUT2D eigenvalue weighted by atomic mass is 9.94. The predicted octanol–water partition coefficient (Wildman–Crippen LogP) is 2.58. The largest absolute Gasteiger partial charge is 0.310 e. The zero-order valence-corrected chi connectivity index (χ0v) is 13.0. The van der Waals surface area contributed by atoms with E-state index in [4.69, 9.17) is 0 Å². The molecule has 1 unspecified atom stereocenters. The Bertz CT molecular complexity index is 539. The molecule has 0 spiro atoms. The van der Waals surface area contributed by atoms with Crippen molar-refractivity contribution >= 4 is 10.0 Å². The fraction of sp³-hybridized carbons (Fsp3) is 0.600. The molecule has 1 aliphatic carbocycles. The summed E-state index contributed by atoms with van der Waals surface area (Å²) in [4.78, 5) is 0.368. The van der Waals surface area contributed by atoms with Crippen molar-refractivity contribution < 1.29 is 8.42 Å². The molecule has 4 nitrogen and oxygen atoms in total. The molecule has 1 aromatic rings. The normalized spacial score (nSPS) is 17.7. The van der Waals surface area contributed by atoms with Crippen LogP contribution in [0.15, 0.2) is 29.2 Å². The van der Waals surface area contributed by atoms with Crippen LogP contribution < -0.4 is 10.0 Å². The Balaban J connectivity index is 2.11. The first-order chi connectivity index (χ1) is 9.53. The topological polar surface area (TPSA) is 58.2 Å². The Morgan fingerprint density at radius 3 is 2.70 bits per heavy atom.